The Bertz CT molecular complexity index is 960. The van der Waals surface area contributed by atoms with Gasteiger partial charge in [0, 0.05) is 20.6 Å². The Morgan fingerprint density at radius 3 is 2.38 bits per heavy atom. The van der Waals surface area contributed by atoms with E-state index >= 15 is 0 Å². The fourth-order valence-corrected chi connectivity index (χ4v) is 4.42. The van der Waals surface area contributed by atoms with Crippen molar-refractivity contribution in [2.24, 2.45) is 0 Å². The van der Waals surface area contributed by atoms with Crippen molar-refractivity contribution < 1.29 is 5.11 Å². The number of aromatic nitrogens is 1. The second-order valence-electron chi connectivity index (χ2n) is 5.45. The van der Waals surface area contributed by atoms with Gasteiger partial charge in [-0.25, -0.2) is 4.98 Å². The van der Waals surface area contributed by atoms with Gasteiger partial charge >= 0.3 is 0 Å². The molecule has 24 heavy (non-hydrogen) atoms. The number of rotatable bonds is 2. The predicted octanol–water partition coefficient (Wildman–Crippen LogP) is 5.58. The van der Waals surface area contributed by atoms with Crippen molar-refractivity contribution in [2.75, 3.05) is 0 Å². The molecule has 0 spiro atoms. The van der Waals surface area contributed by atoms with Crippen LogP contribution in [0.25, 0.3) is 21.7 Å². The Kier molecular flexibility index (Phi) is 4.76. The first-order chi connectivity index (χ1) is 11.4. The molecule has 3 aromatic rings. The molecule has 122 valence electrons. The van der Waals surface area contributed by atoms with Gasteiger partial charge in [0.2, 0.25) is 10.6 Å². The van der Waals surface area contributed by atoms with E-state index in [4.69, 9.17) is 11.6 Å². The van der Waals surface area contributed by atoms with E-state index < -0.39 is 0 Å². The minimum Gasteiger partial charge on any atom is -0.493 e. The lowest BCUT2D eigenvalue weighted by Crippen LogP contribution is -2.04. The molecular formula is C18H13BrClNO2S. The van der Waals surface area contributed by atoms with E-state index in [9.17, 15) is 9.90 Å². The van der Waals surface area contributed by atoms with Crippen LogP contribution in [-0.4, -0.2) is 10.1 Å². The summed E-state index contributed by atoms with van der Waals surface area (Å²) in [4.78, 5) is 16.9. The number of aryl methyl sites for hydroxylation is 2. The van der Waals surface area contributed by atoms with Gasteiger partial charge in [0.1, 0.15) is 10.6 Å². The summed E-state index contributed by atoms with van der Waals surface area (Å²) in [6.07, 6.45) is 0. The highest BCUT2D eigenvalue weighted by Gasteiger charge is 2.19. The highest BCUT2D eigenvalue weighted by atomic mass is 79.9. The molecule has 6 heteroatoms. The Hall–Kier alpha value is -1.69. The Morgan fingerprint density at radius 2 is 1.79 bits per heavy atom. The van der Waals surface area contributed by atoms with Gasteiger partial charge in [-0.2, -0.15) is 0 Å². The van der Waals surface area contributed by atoms with Gasteiger partial charge in [-0.3, -0.25) is 4.79 Å². The third-order valence-corrected chi connectivity index (χ3v) is 5.38. The molecule has 2 aromatic carbocycles. The van der Waals surface area contributed by atoms with Gasteiger partial charge < -0.3 is 5.11 Å². The maximum atomic E-state index is 12.7. The first-order valence-electron chi connectivity index (χ1n) is 7.14. The summed E-state index contributed by atoms with van der Waals surface area (Å²) in [5, 5.41) is 11.5. The SMILES string of the molecule is Cc1cc(C)c(-c2c(O)nc(-c3ccc(Cl)cc3)sc2=O)c(Br)c1. The van der Waals surface area contributed by atoms with Crippen molar-refractivity contribution in [3.63, 3.8) is 0 Å². The molecule has 1 N–H and O–H groups in total. The van der Waals surface area contributed by atoms with E-state index in [1.807, 2.05) is 26.0 Å². The lowest BCUT2D eigenvalue weighted by Gasteiger charge is -2.11. The third-order valence-electron chi connectivity index (χ3n) is 3.60. The van der Waals surface area contributed by atoms with E-state index in [1.54, 1.807) is 24.3 Å². The van der Waals surface area contributed by atoms with Crippen LogP contribution in [0.5, 0.6) is 5.88 Å². The minimum absolute atomic E-state index is 0.224. The number of nitrogens with zero attached hydrogens (tertiary/aromatic N) is 1. The molecule has 0 fully saturated rings. The molecule has 3 nitrogen and oxygen atoms in total. The molecule has 0 aliphatic carbocycles. The molecular weight excluding hydrogens is 410 g/mol. The maximum absolute atomic E-state index is 12.7. The van der Waals surface area contributed by atoms with Crippen molar-refractivity contribution in [3.05, 3.63) is 66.6 Å². The lowest BCUT2D eigenvalue weighted by molar-refractivity contribution is 0.457. The molecule has 0 aliphatic rings. The van der Waals surface area contributed by atoms with Crippen LogP contribution in [0.2, 0.25) is 5.02 Å². The summed E-state index contributed by atoms with van der Waals surface area (Å²) < 4.78 is 0.528. The molecule has 3 rings (SSSR count). The van der Waals surface area contributed by atoms with Crippen LogP contribution in [0.15, 0.2) is 45.7 Å². The van der Waals surface area contributed by atoms with Crippen molar-refractivity contribution in [1.82, 2.24) is 4.98 Å². The first-order valence-corrected chi connectivity index (χ1v) is 9.12. The van der Waals surface area contributed by atoms with Gasteiger partial charge in [-0.1, -0.05) is 57.1 Å². The fraction of sp³-hybridized carbons (Fsp3) is 0.111. The van der Waals surface area contributed by atoms with Crippen molar-refractivity contribution in [2.45, 2.75) is 13.8 Å². The quantitative estimate of drug-likeness (QED) is 0.587. The third kappa shape index (κ3) is 3.24. The molecule has 1 heterocycles. The smallest absolute Gasteiger partial charge is 0.247 e. The van der Waals surface area contributed by atoms with Gasteiger partial charge in [-0.15, -0.1) is 0 Å². The van der Waals surface area contributed by atoms with Gasteiger partial charge in [0.05, 0.1) is 0 Å². The zero-order valence-corrected chi connectivity index (χ0v) is 16.1. The molecule has 0 aliphatic heterocycles. The van der Waals surface area contributed by atoms with Crippen LogP contribution in [-0.2, 0) is 0 Å². The summed E-state index contributed by atoms with van der Waals surface area (Å²) in [6.45, 7) is 3.88. The maximum Gasteiger partial charge on any atom is 0.247 e. The Labute approximate surface area is 156 Å². The topological polar surface area (TPSA) is 50.2 Å². The number of aromatic hydroxyl groups is 1. The number of benzene rings is 2. The minimum atomic E-state index is -0.267. The normalized spacial score (nSPS) is 10.8. The lowest BCUT2D eigenvalue weighted by atomic mass is 10.0. The second kappa shape index (κ2) is 6.67. The molecule has 0 atom stereocenters. The highest BCUT2D eigenvalue weighted by Crippen LogP contribution is 2.36. The molecule has 0 radical (unpaired) electrons. The zero-order chi connectivity index (χ0) is 17.4. The summed E-state index contributed by atoms with van der Waals surface area (Å²) in [7, 11) is 0. The number of hydrogen-bond acceptors (Lipinski definition) is 4. The second-order valence-corrected chi connectivity index (χ2v) is 7.70. The standard InChI is InChI=1S/C18H13BrClNO2S/c1-9-7-10(2)14(13(19)8-9)15-16(22)21-17(24-18(15)23)11-3-5-12(20)6-4-11/h3-8,22H,1-2H3. The average Bonchev–Trinajstić information content (AvgIpc) is 2.49. The number of halogens is 2. The van der Waals surface area contributed by atoms with Crippen LogP contribution in [0.4, 0.5) is 0 Å². The van der Waals surface area contributed by atoms with Crippen LogP contribution >= 0.6 is 38.9 Å². The molecule has 0 unspecified atom stereocenters. The first kappa shape index (κ1) is 17.1. The van der Waals surface area contributed by atoms with Gasteiger partial charge in [0.15, 0.2) is 0 Å². The highest BCUT2D eigenvalue weighted by molar-refractivity contribution is 9.10. The Morgan fingerprint density at radius 1 is 1.12 bits per heavy atom. The van der Waals surface area contributed by atoms with E-state index in [0.717, 1.165) is 32.5 Å². The molecule has 0 bridgehead atoms. The van der Waals surface area contributed by atoms with Crippen LogP contribution < -0.4 is 4.74 Å². The van der Waals surface area contributed by atoms with Crippen LogP contribution in [0.1, 0.15) is 11.1 Å². The summed E-state index contributed by atoms with van der Waals surface area (Å²) in [5.41, 5.74) is 3.62. The van der Waals surface area contributed by atoms with Crippen LogP contribution in [0.3, 0.4) is 0 Å². The van der Waals surface area contributed by atoms with Crippen molar-refractivity contribution >= 4 is 38.9 Å². The summed E-state index contributed by atoms with van der Waals surface area (Å²) in [5.74, 6) is -0.267. The largest absolute Gasteiger partial charge is 0.493 e. The fourth-order valence-electron chi connectivity index (χ4n) is 2.57. The van der Waals surface area contributed by atoms with Crippen LogP contribution in [0, 0.1) is 13.8 Å². The molecule has 0 amide bonds. The Balaban J connectivity index is 2.19. The summed E-state index contributed by atoms with van der Waals surface area (Å²) in [6, 6.07) is 10.9. The van der Waals surface area contributed by atoms with Gasteiger partial charge in [0.25, 0.3) is 0 Å². The van der Waals surface area contributed by atoms with Crippen molar-refractivity contribution in [3.8, 4) is 27.6 Å². The molecule has 0 saturated carbocycles. The van der Waals surface area contributed by atoms with E-state index in [2.05, 4.69) is 20.9 Å². The van der Waals surface area contributed by atoms with Crippen molar-refractivity contribution in [1.29, 1.82) is 0 Å². The molecule has 1 aromatic heterocycles. The molecule has 0 saturated heterocycles. The summed E-state index contributed by atoms with van der Waals surface area (Å²) >= 11 is 10.4. The number of hydrogen-bond donors (Lipinski definition) is 1. The zero-order valence-electron chi connectivity index (χ0n) is 12.9. The van der Waals surface area contributed by atoms with E-state index in [0.29, 0.717) is 15.6 Å². The van der Waals surface area contributed by atoms with E-state index in [1.165, 1.54) is 0 Å². The van der Waals surface area contributed by atoms with Gasteiger partial charge in [-0.05, 0) is 43.2 Å². The monoisotopic (exact) mass is 421 g/mol. The predicted molar refractivity (Wildman–Crippen MR) is 103 cm³/mol. The van der Waals surface area contributed by atoms with E-state index in [-0.39, 0.29) is 16.2 Å². The average molecular weight is 423 g/mol.